The molecule has 1 amide bonds. The summed E-state index contributed by atoms with van der Waals surface area (Å²) in [6.07, 6.45) is -0.0374. The zero-order valence-electron chi connectivity index (χ0n) is 21.1. The Kier molecular flexibility index (Phi) is 6.60. The first-order valence-corrected chi connectivity index (χ1v) is 12.1. The summed E-state index contributed by atoms with van der Waals surface area (Å²) in [6, 6.07) is 1.44. The number of aromatic hydroxyl groups is 1. The van der Waals surface area contributed by atoms with E-state index in [4.69, 9.17) is 10.5 Å². The number of unbranched alkanes of at least 4 members (excludes halogenated alkanes) is 1. The van der Waals surface area contributed by atoms with Crippen molar-refractivity contribution in [2.75, 3.05) is 20.7 Å². The van der Waals surface area contributed by atoms with Gasteiger partial charge in [-0.05, 0) is 38.6 Å². The molecule has 11 heteroatoms. The molecule has 37 heavy (non-hydrogen) atoms. The summed E-state index contributed by atoms with van der Waals surface area (Å²) in [5, 5.41) is 56.2. The number of nitrogens with two attached hydrogens (primary N) is 1. The maximum absolute atomic E-state index is 13.9. The molecular weight excluding hydrogens is 484 g/mol. The predicted molar refractivity (Wildman–Crippen MR) is 131 cm³/mol. The summed E-state index contributed by atoms with van der Waals surface area (Å²) < 4.78 is 5.90. The number of amides is 1. The van der Waals surface area contributed by atoms with Crippen molar-refractivity contribution < 1.29 is 44.7 Å². The molecule has 6 unspecified atom stereocenters. The molecule has 0 radical (unpaired) electrons. The number of benzene rings is 1. The lowest BCUT2D eigenvalue weighted by Gasteiger charge is -2.53. The first-order chi connectivity index (χ1) is 17.3. The Labute approximate surface area is 213 Å². The molecule has 200 valence electrons. The number of phenolic OH excluding ortho intramolecular Hbond substituents is 1. The number of fused-ring (bicyclic) bond motifs is 3. The van der Waals surface area contributed by atoms with E-state index in [1.165, 1.54) is 31.1 Å². The number of likely N-dealkylation sites (N-methyl/N-ethyl adjacent to an activating group) is 1. The third-order valence-electron chi connectivity index (χ3n) is 7.82. The number of ether oxygens (including phenoxy) is 1. The van der Waals surface area contributed by atoms with Gasteiger partial charge >= 0.3 is 0 Å². The molecule has 0 bridgehead atoms. The molecule has 3 aliphatic rings. The van der Waals surface area contributed by atoms with Crippen molar-refractivity contribution in [3.63, 3.8) is 0 Å². The second kappa shape index (κ2) is 9.16. The molecule has 0 heterocycles. The van der Waals surface area contributed by atoms with Crippen LogP contribution in [-0.2, 0) is 14.4 Å². The van der Waals surface area contributed by atoms with Crippen molar-refractivity contribution in [3.8, 4) is 11.5 Å². The van der Waals surface area contributed by atoms with Crippen molar-refractivity contribution in [1.82, 2.24) is 4.90 Å². The molecule has 1 fully saturated rings. The molecular formula is C26H32N2O9. The fraction of sp³-hybridized carbons (Fsp3) is 0.500. The van der Waals surface area contributed by atoms with Crippen molar-refractivity contribution in [2.24, 2.45) is 17.6 Å². The Morgan fingerprint density at radius 1 is 1.19 bits per heavy atom. The van der Waals surface area contributed by atoms with Crippen LogP contribution >= 0.6 is 0 Å². The van der Waals surface area contributed by atoms with Gasteiger partial charge in [0.25, 0.3) is 5.91 Å². The van der Waals surface area contributed by atoms with Crippen LogP contribution in [0, 0.1) is 11.8 Å². The van der Waals surface area contributed by atoms with E-state index in [2.05, 4.69) is 0 Å². The van der Waals surface area contributed by atoms with E-state index in [-0.39, 0.29) is 11.3 Å². The molecule has 0 saturated heterocycles. The number of rotatable bonds is 6. The standard InChI is InChI=1S/C26H32N2O9/c1-5-6-9-37-12-8-7-11(29)15-13(12)10(2)14-16(20(15)30)23(33)26(36)18(21(14)31)19(28(3)4)22(32)17(24(26)34)25(27)35/h7-8,10,14,18-19,21,29-31,34,36H,5-6,9H2,1-4H3,(H2,27,35). The van der Waals surface area contributed by atoms with Gasteiger partial charge in [0.2, 0.25) is 5.78 Å². The number of aliphatic hydroxyl groups excluding tert-OH is 3. The molecule has 0 aliphatic heterocycles. The van der Waals surface area contributed by atoms with Crippen molar-refractivity contribution >= 4 is 23.2 Å². The summed E-state index contributed by atoms with van der Waals surface area (Å²) in [6.45, 7) is 4.02. The molecule has 7 N–H and O–H groups in total. The van der Waals surface area contributed by atoms with Crippen LogP contribution in [0.4, 0.5) is 0 Å². The maximum atomic E-state index is 13.9. The number of aliphatic hydroxyl groups is 4. The van der Waals surface area contributed by atoms with Gasteiger partial charge in [-0.25, -0.2) is 0 Å². The average molecular weight is 517 g/mol. The highest BCUT2D eigenvalue weighted by Crippen LogP contribution is 2.57. The van der Waals surface area contributed by atoms with Crippen LogP contribution in [-0.4, -0.2) is 86.4 Å². The van der Waals surface area contributed by atoms with E-state index in [1.54, 1.807) is 6.92 Å². The van der Waals surface area contributed by atoms with Gasteiger partial charge in [-0.3, -0.25) is 19.3 Å². The zero-order chi connectivity index (χ0) is 27.6. The second-order valence-corrected chi connectivity index (χ2v) is 10.1. The fourth-order valence-corrected chi connectivity index (χ4v) is 6.11. The Morgan fingerprint density at radius 3 is 2.41 bits per heavy atom. The molecule has 0 aromatic heterocycles. The Morgan fingerprint density at radius 2 is 1.84 bits per heavy atom. The van der Waals surface area contributed by atoms with Gasteiger partial charge in [-0.1, -0.05) is 20.3 Å². The molecule has 11 nitrogen and oxygen atoms in total. The van der Waals surface area contributed by atoms with E-state index >= 15 is 0 Å². The molecule has 0 spiro atoms. The Hall–Kier alpha value is -3.41. The number of carbonyl (C=O) groups is 3. The van der Waals surface area contributed by atoms with Crippen LogP contribution in [0.3, 0.4) is 0 Å². The number of primary amides is 1. The normalized spacial score (nSPS) is 31.3. The topological polar surface area (TPSA) is 191 Å². The van der Waals surface area contributed by atoms with Crippen LogP contribution in [0.1, 0.15) is 43.7 Å². The van der Waals surface area contributed by atoms with Gasteiger partial charge < -0.3 is 36.0 Å². The molecule has 3 aliphatic carbocycles. The lowest BCUT2D eigenvalue weighted by molar-refractivity contribution is -0.169. The largest absolute Gasteiger partial charge is 0.508 e. The van der Waals surface area contributed by atoms with E-state index in [0.29, 0.717) is 17.9 Å². The third-order valence-corrected chi connectivity index (χ3v) is 7.82. The first-order valence-electron chi connectivity index (χ1n) is 12.1. The number of phenols is 1. The van der Waals surface area contributed by atoms with Gasteiger partial charge in [0.15, 0.2) is 11.4 Å². The van der Waals surface area contributed by atoms with Gasteiger partial charge in [-0.2, -0.15) is 0 Å². The van der Waals surface area contributed by atoms with E-state index in [9.17, 15) is 39.9 Å². The smallest absolute Gasteiger partial charge is 0.255 e. The highest BCUT2D eigenvalue weighted by molar-refractivity contribution is 6.24. The molecule has 1 aromatic carbocycles. The fourth-order valence-electron chi connectivity index (χ4n) is 6.11. The van der Waals surface area contributed by atoms with Gasteiger partial charge in [0.05, 0.1) is 30.2 Å². The molecule has 6 atom stereocenters. The Bertz CT molecular complexity index is 1250. The molecule has 1 aromatic rings. The van der Waals surface area contributed by atoms with Crippen LogP contribution in [0.25, 0.3) is 5.76 Å². The summed E-state index contributed by atoms with van der Waals surface area (Å²) in [5.41, 5.74) is 1.26. The van der Waals surface area contributed by atoms with Crippen LogP contribution < -0.4 is 10.5 Å². The molecule has 1 saturated carbocycles. The van der Waals surface area contributed by atoms with Crippen LogP contribution in [0.5, 0.6) is 11.5 Å². The zero-order valence-corrected chi connectivity index (χ0v) is 21.1. The number of carbonyl (C=O) groups excluding carboxylic acids is 3. The minimum atomic E-state index is -2.94. The number of ketones is 2. The number of Topliss-reactive ketones (excluding diaryl/α,β-unsaturated/α-hetero) is 2. The highest BCUT2D eigenvalue weighted by Gasteiger charge is 2.68. The van der Waals surface area contributed by atoms with Crippen molar-refractivity contribution in [3.05, 3.63) is 40.2 Å². The Balaban J connectivity index is 2.00. The predicted octanol–water partition coefficient (Wildman–Crippen LogP) is 0.675. The van der Waals surface area contributed by atoms with E-state index in [0.717, 1.165) is 12.8 Å². The lowest BCUT2D eigenvalue weighted by atomic mass is 9.54. The van der Waals surface area contributed by atoms with Gasteiger partial charge in [0, 0.05) is 17.1 Å². The maximum Gasteiger partial charge on any atom is 0.255 e. The quantitative estimate of drug-likeness (QED) is 0.231. The van der Waals surface area contributed by atoms with Crippen LogP contribution in [0.15, 0.2) is 29.0 Å². The van der Waals surface area contributed by atoms with E-state index in [1.807, 2.05) is 6.92 Å². The number of hydrogen-bond acceptors (Lipinski definition) is 10. The summed E-state index contributed by atoms with van der Waals surface area (Å²) in [5.74, 6) is -8.93. The number of hydrogen-bond donors (Lipinski definition) is 6. The monoisotopic (exact) mass is 516 g/mol. The molecule has 4 rings (SSSR count). The summed E-state index contributed by atoms with van der Waals surface area (Å²) in [7, 11) is 2.92. The minimum absolute atomic E-state index is 0.0926. The highest BCUT2D eigenvalue weighted by atomic mass is 16.5. The van der Waals surface area contributed by atoms with E-state index < -0.39 is 75.6 Å². The van der Waals surface area contributed by atoms with Crippen molar-refractivity contribution in [1.29, 1.82) is 0 Å². The average Bonchev–Trinajstić information content (AvgIpc) is 2.82. The minimum Gasteiger partial charge on any atom is -0.508 e. The van der Waals surface area contributed by atoms with Crippen molar-refractivity contribution in [2.45, 2.75) is 50.4 Å². The van der Waals surface area contributed by atoms with Crippen LogP contribution in [0.2, 0.25) is 0 Å². The first kappa shape index (κ1) is 26.6. The lowest BCUT2D eigenvalue weighted by Crippen LogP contribution is -2.70. The second-order valence-electron chi connectivity index (χ2n) is 10.1. The number of nitrogens with zero attached hydrogens (tertiary/aromatic N) is 1. The third kappa shape index (κ3) is 3.56. The summed E-state index contributed by atoms with van der Waals surface area (Å²) >= 11 is 0. The van der Waals surface area contributed by atoms with Gasteiger partial charge in [-0.15, -0.1) is 0 Å². The summed E-state index contributed by atoms with van der Waals surface area (Å²) in [4.78, 5) is 40.5. The SMILES string of the molecule is CCCCOc1ccc(O)c2c1C(C)C1C(=C2O)C(=O)C2(O)C(O)=C(C(N)=O)C(=O)C(N(C)C)C2C1O. The van der Waals surface area contributed by atoms with Gasteiger partial charge in [0.1, 0.15) is 28.6 Å².